The molecule has 0 bridgehead atoms. The van der Waals surface area contributed by atoms with Crippen LogP contribution < -0.4 is 15.8 Å². The van der Waals surface area contributed by atoms with E-state index in [1.165, 1.54) is 11.1 Å². The number of fused-ring (bicyclic) bond motifs is 2. The van der Waals surface area contributed by atoms with Crippen LogP contribution in [0.1, 0.15) is 49.3 Å². The summed E-state index contributed by atoms with van der Waals surface area (Å²) in [6.45, 7) is 1.71. The molecule has 2 fully saturated rings. The molecule has 6 heterocycles. The van der Waals surface area contributed by atoms with Crippen LogP contribution in [-0.4, -0.2) is 64.2 Å². The summed E-state index contributed by atoms with van der Waals surface area (Å²) in [5, 5.41) is 8.53. The first kappa shape index (κ1) is 29.5. The Bertz CT molecular complexity index is 2170. The number of likely N-dealkylation sites (tertiary alicyclic amines) is 1. The highest BCUT2D eigenvalue weighted by atomic mass is 16.5. The third-order valence-electron chi connectivity index (χ3n) is 9.85. The van der Waals surface area contributed by atoms with Gasteiger partial charge in [-0.25, -0.2) is 24.6 Å². The smallest absolute Gasteiger partial charge is 0.240 e. The van der Waals surface area contributed by atoms with E-state index in [4.69, 9.17) is 20.4 Å². The van der Waals surface area contributed by atoms with E-state index in [0.29, 0.717) is 58.8 Å². The number of carbonyl (C=O) groups excluding carboxylic acids is 1. The number of nitrogens with one attached hydrogen (secondary N) is 1. The second-order valence-corrected chi connectivity index (χ2v) is 13.1. The fourth-order valence-electron chi connectivity index (χ4n) is 7.17. The van der Waals surface area contributed by atoms with Gasteiger partial charge in [0.05, 0.1) is 5.56 Å². The van der Waals surface area contributed by atoms with Crippen molar-refractivity contribution in [3.05, 3.63) is 96.4 Å². The number of imidazole rings is 1. The Hall–Kier alpha value is -5.62. The van der Waals surface area contributed by atoms with E-state index >= 15 is 0 Å². The highest BCUT2D eigenvalue weighted by Gasteiger charge is 2.35. The number of nitrogens with zero attached hydrogens (tertiary/aromatic N) is 8. The zero-order valence-corrected chi connectivity index (χ0v) is 26.9. The molecule has 9 rings (SSSR count). The van der Waals surface area contributed by atoms with Crippen molar-refractivity contribution >= 4 is 22.9 Å². The molecule has 1 aliphatic heterocycles. The zero-order valence-electron chi connectivity index (χ0n) is 26.9. The highest BCUT2D eigenvalue weighted by molar-refractivity contribution is 5.83. The fraction of sp³-hybridized carbons (Fsp3) is 0.297. The van der Waals surface area contributed by atoms with Gasteiger partial charge in [-0.2, -0.15) is 0 Å². The molecule has 1 saturated heterocycles. The molecule has 1 saturated carbocycles. The second-order valence-electron chi connectivity index (χ2n) is 13.1. The van der Waals surface area contributed by atoms with Gasteiger partial charge in [-0.3, -0.25) is 9.36 Å². The van der Waals surface area contributed by atoms with E-state index in [1.54, 1.807) is 29.2 Å². The van der Waals surface area contributed by atoms with Gasteiger partial charge < -0.3 is 20.7 Å². The van der Waals surface area contributed by atoms with E-state index in [-0.39, 0.29) is 0 Å². The molecule has 1 amide bonds. The minimum Gasteiger partial charge on any atom is -0.419 e. The first-order valence-electron chi connectivity index (χ1n) is 17.0. The molecule has 3 aliphatic rings. The van der Waals surface area contributed by atoms with Gasteiger partial charge in [0.2, 0.25) is 17.7 Å². The van der Waals surface area contributed by atoms with E-state index < -0.39 is 0 Å². The number of hydrogen-bond acceptors (Lipinski definition) is 9. The summed E-state index contributed by atoms with van der Waals surface area (Å²) in [7, 11) is 0. The lowest BCUT2D eigenvalue weighted by Crippen LogP contribution is -2.46. The van der Waals surface area contributed by atoms with Crippen LogP contribution in [0.3, 0.4) is 0 Å². The fourth-order valence-corrected chi connectivity index (χ4v) is 7.17. The summed E-state index contributed by atoms with van der Waals surface area (Å²) >= 11 is 0. The van der Waals surface area contributed by atoms with Gasteiger partial charge in [0.15, 0.2) is 17.3 Å². The number of nitrogens with two attached hydrogens (primary N) is 1. The van der Waals surface area contributed by atoms with Crippen molar-refractivity contribution in [2.45, 2.75) is 50.6 Å². The average molecular weight is 653 g/mol. The maximum atomic E-state index is 12.5. The van der Waals surface area contributed by atoms with Crippen LogP contribution in [-0.2, 0) is 11.2 Å². The van der Waals surface area contributed by atoms with Crippen molar-refractivity contribution in [1.82, 2.24) is 44.5 Å². The highest BCUT2D eigenvalue weighted by Crippen LogP contribution is 2.37. The van der Waals surface area contributed by atoms with E-state index in [2.05, 4.69) is 48.0 Å². The largest absolute Gasteiger partial charge is 0.419 e. The summed E-state index contributed by atoms with van der Waals surface area (Å²) in [6, 6.07) is 22.2. The Morgan fingerprint density at radius 3 is 2.57 bits per heavy atom. The minimum absolute atomic E-state index is 0.291. The molecule has 12 nitrogen and oxygen atoms in total. The number of hydrogen-bond donors (Lipinski definition) is 2. The number of pyridine rings is 3. The number of rotatable bonds is 8. The third kappa shape index (κ3) is 5.67. The molecule has 0 spiro atoms. The molecule has 5 aromatic heterocycles. The Kier molecular flexibility index (Phi) is 7.30. The number of amides is 1. The normalized spacial score (nSPS) is 17.8. The average Bonchev–Trinajstić information content (AvgIpc) is 3.58. The molecule has 3 N–H and O–H groups in total. The maximum Gasteiger partial charge on any atom is 0.240 e. The van der Waals surface area contributed by atoms with Crippen LogP contribution in [0.5, 0.6) is 11.8 Å². The van der Waals surface area contributed by atoms with Crippen LogP contribution in [0.4, 0.5) is 5.82 Å². The van der Waals surface area contributed by atoms with Crippen molar-refractivity contribution in [2.24, 2.45) is 5.92 Å². The molecule has 1 atom stereocenters. The number of ether oxygens (including phenoxy) is 1. The molecule has 49 heavy (non-hydrogen) atoms. The molecule has 0 radical (unpaired) electrons. The van der Waals surface area contributed by atoms with Gasteiger partial charge in [-0.05, 0) is 92.1 Å². The van der Waals surface area contributed by atoms with E-state index in [9.17, 15) is 4.79 Å². The maximum absolute atomic E-state index is 12.5. The SMILES string of the molecule is Nc1ncccc1-c1nc2ccc(-n3ccc(Oc4ccccn4)n3)nc2n1-c1ccc2c(c1)CC[C@@H]2NC1CCN(C(=O)C2CC2)CC1. The van der Waals surface area contributed by atoms with Gasteiger partial charge in [-0.1, -0.05) is 12.1 Å². The molecule has 1 aromatic carbocycles. The van der Waals surface area contributed by atoms with Crippen LogP contribution in [0.2, 0.25) is 0 Å². The molecule has 6 aromatic rings. The van der Waals surface area contributed by atoms with Crippen molar-refractivity contribution < 1.29 is 9.53 Å². The summed E-state index contributed by atoms with van der Waals surface area (Å²) < 4.78 is 9.57. The molecule has 12 heteroatoms. The van der Waals surface area contributed by atoms with Gasteiger partial charge in [-0.15, -0.1) is 5.10 Å². The number of nitrogen functional groups attached to an aromatic ring is 1. The summed E-state index contributed by atoms with van der Waals surface area (Å²) in [5.41, 5.74) is 12.1. The Morgan fingerprint density at radius 1 is 0.878 bits per heavy atom. The number of piperidine rings is 1. The Morgan fingerprint density at radius 2 is 1.76 bits per heavy atom. The van der Waals surface area contributed by atoms with E-state index in [1.807, 2.05) is 42.6 Å². The van der Waals surface area contributed by atoms with Crippen LogP contribution in [0, 0.1) is 5.92 Å². The van der Waals surface area contributed by atoms with Gasteiger partial charge in [0, 0.05) is 67.5 Å². The molecular formula is C37H36N10O2. The third-order valence-corrected chi connectivity index (χ3v) is 9.85. The lowest BCUT2D eigenvalue weighted by molar-refractivity contribution is -0.133. The first-order chi connectivity index (χ1) is 24.1. The number of benzene rings is 1. The number of anilines is 1. The predicted octanol–water partition coefficient (Wildman–Crippen LogP) is 5.42. The first-order valence-corrected chi connectivity index (χ1v) is 17.0. The Balaban J connectivity index is 1.02. The van der Waals surface area contributed by atoms with Crippen molar-refractivity contribution in [3.8, 4) is 34.7 Å². The van der Waals surface area contributed by atoms with Gasteiger partial charge >= 0.3 is 0 Å². The number of aromatic nitrogens is 7. The Labute approximate surface area is 283 Å². The molecule has 0 unspecified atom stereocenters. The standard InChI is InChI=1S/C37H36N10O2/c38-34-28(4-3-18-40-34)35-42-30-12-13-31(46-21-16-33(44-46)49-32-5-1-2-17-39-32)43-36(30)47(35)26-9-10-27-24(22-26)8-11-29(27)41-25-14-19-45(20-15-25)37(48)23-6-7-23/h1-5,9-10,12-13,16-18,21-23,25,29,41H,6-8,11,14-15,19-20H2,(H2,38,40)/t29-/m0/s1. The minimum atomic E-state index is 0.291. The lowest BCUT2D eigenvalue weighted by atomic mass is 10.0. The molecule has 246 valence electrons. The second kappa shape index (κ2) is 12.1. The van der Waals surface area contributed by atoms with Crippen LogP contribution in [0.15, 0.2) is 85.3 Å². The predicted molar refractivity (Wildman–Crippen MR) is 184 cm³/mol. The van der Waals surface area contributed by atoms with Crippen molar-refractivity contribution in [3.63, 3.8) is 0 Å². The van der Waals surface area contributed by atoms with Gasteiger partial charge in [0.25, 0.3) is 0 Å². The van der Waals surface area contributed by atoms with Gasteiger partial charge in [0.1, 0.15) is 11.3 Å². The number of aryl methyl sites for hydroxylation is 1. The summed E-state index contributed by atoms with van der Waals surface area (Å²) in [5.74, 6) is 3.22. The topological polar surface area (TPSA) is 142 Å². The lowest BCUT2D eigenvalue weighted by Gasteiger charge is -2.34. The molecular weight excluding hydrogens is 616 g/mol. The van der Waals surface area contributed by atoms with Crippen LogP contribution >= 0.6 is 0 Å². The van der Waals surface area contributed by atoms with Crippen LogP contribution in [0.25, 0.3) is 34.1 Å². The number of carbonyl (C=O) groups is 1. The summed E-state index contributed by atoms with van der Waals surface area (Å²) in [4.78, 5) is 33.3. The molecule has 2 aliphatic carbocycles. The zero-order chi connectivity index (χ0) is 32.9. The summed E-state index contributed by atoms with van der Waals surface area (Å²) in [6.07, 6.45) is 11.3. The van der Waals surface area contributed by atoms with E-state index in [0.717, 1.165) is 68.4 Å². The van der Waals surface area contributed by atoms with Crippen molar-refractivity contribution in [1.29, 1.82) is 0 Å². The monoisotopic (exact) mass is 652 g/mol. The quantitative estimate of drug-likeness (QED) is 0.221. The van der Waals surface area contributed by atoms with Crippen molar-refractivity contribution in [2.75, 3.05) is 18.8 Å².